The highest BCUT2D eigenvalue weighted by molar-refractivity contribution is 4.96. The average Bonchev–Trinajstić information content (AvgIpc) is 2.83. The van der Waals surface area contributed by atoms with Crippen molar-refractivity contribution < 1.29 is 79.9 Å². The van der Waals surface area contributed by atoms with E-state index in [-0.39, 0.29) is 0 Å². The summed E-state index contributed by atoms with van der Waals surface area (Å²) in [5.74, 6) is 0. The minimum absolute atomic E-state index is 0.770. The molecule has 3 heterocycles. The van der Waals surface area contributed by atoms with Crippen molar-refractivity contribution in [3.63, 3.8) is 0 Å². The second-order valence-electron chi connectivity index (χ2n) is 8.33. The second kappa shape index (κ2) is 11.6. The molecule has 0 aromatic heterocycles. The topological polar surface area (TPSA) is 269 Å². The minimum atomic E-state index is -1.89. The lowest BCUT2D eigenvalue weighted by Gasteiger charge is -2.48. The van der Waals surface area contributed by atoms with Gasteiger partial charge in [-0.1, -0.05) is 0 Å². The minimum Gasteiger partial charge on any atom is -0.394 e. The molecule has 0 saturated carbocycles. The van der Waals surface area contributed by atoms with E-state index in [4.69, 9.17) is 23.7 Å². The molecular formula is C18H32O16. The van der Waals surface area contributed by atoms with Gasteiger partial charge in [-0.2, -0.15) is 0 Å². The van der Waals surface area contributed by atoms with E-state index in [0.717, 1.165) is 0 Å². The van der Waals surface area contributed by atoms with Gasteiger partial charge in [-0.15, -0.1) is 0 Å². The van der Waals surface area contributed by atoms with Gasteiger partial charge in [-0.3, -0.25) is 0 Å². The zero-order chi connectivity index (χ0) is 25.3. The maximum Gasteiger partial charge on any atom is 0.187 e. The van der Waals surface area contributed by atoms with Gasteiger partial charge in [0.05, 0.1) is 19.8 Å². The summed E-state index contributed by atoms with van der Waals surface area (Å²) in [7, 11) is 0. The molecule has 0 unspecified atom stereocenters. The highest BCUT2D eigenvalue weighted by Crippen LogP contribution is 2.32. The SMILES string of the molecule is OC[C@H]1O[C@@H](O[C@H]2[C@H](O[C@@H]3[C@H](O)[C@@H](O)[C@H](O)O[C@@H]3CO)O[C@H](CO)[C@@H](O)[C@@H]2O)[C@H](O)[C@@H](O)[C@@H]1O. The van der Waals surface area contributed by atoms with Crippen molar-refractivity contribution >= 4 is 0 Å². The summed E-state index contributed by atoms with van der Waals surface area (Å²) in [4.78, 5) is 0. The first kappa shape index (κ1) is 27.9. The van der Waals surface area contributed by atoms with Gasteiger partial charge in [-0.25, -0.2) is 0 Å². The summed E-state index contributed by atoms with van der Waals surface area (Å²) < 4.78 is 26.7. The largest absolute Gasteiger partial charge is 0.394 e. The molecule has 11 N–H and O–H groups in total. The summed E-state index contributed by atoms with van der Waals surface area (Å²) >= 11 is 0. The second-order valence-corrected chi connectivity index (χ2v) is 8.33. The fourth-order valence-electron chi connectivity index (χ4n) is 4.04. The molecule has 3 saturated heterocycles. The van der Waals surface area contributed by atoms with Crippen molar-refractivity contribution in [3.8, 4) is 0 Å². The lowest BCUT2D eigenvalue weighted by atomic mass is 9.96. The van der Waals surface area contributed by atoms with Gasteiger partial charge < -0.3 is 79.9 Å². The van der Waals surface area contributed by atoms with Crippen LogP contribution in [-0.2, 0) is 23.7 Å². The zero-order valence-corrected chi connectivity index (χ0v) is 17.7. The molecule has 0 aliphatic carbocycles. The van der Waals surface area contributed by atoms with Crippen LogP contribution >= 0.6 is 0 Å². The lowest BCUT2D eigenvalue weighted by molar-refractivity contribution is -0.387. The van der Waals surface area contributed by atoms with Crippen LogP contribution in [-0.4, -0.2) is 168 Å². The van der Waals surface area contributed by atoms with Crippen LogP contribution in [0.15, 0.2) is 0 Å². The first-order chi connectivity index (χ1) is 16.0. The Morgan fingerprint density at radius 2 is 0.912 bits per heavy atom. The fourth-order valence-corrected chi connectivity index (χ4v) is 4.04. The fraction of sp³-hybridized carbons (Fsp3) is 1.00. The molecule has 0 radical (unpaired) electrons. The third-order valence-corrected chi connectivity index (χ3v) is 6.09. The standard InChI is InChI=1S/C18H32O16/c19-1-4-7(22)9(24)13(28)17(31-4)34-15-10(25)8(23)5(2-20)32-18(15)33-14-6(3-21)30-16(29)12(27)11(14)26/h4-29H,1-3H2/t4-,5-,6-,7-,8-,9+,10+,11-,12-,13-,14+,15-,16-,17+,18+/m1/s1. The number of aliphatic hydroxyl groups excluding tert-OH is 11. The Morgan fingerprint density at radius 1 is 0.441 bits per heavy atom. The Bertz CT molecular complexity index is 637. The van der Waals surface area contributed by atoms with Gasteiger partial charge in [-0.05, 0) is 0 Å². The number of rotatable bonds is 7. The molecule has 3 rings (SSSR count). The Balaban J connectivity index is 1.84. The van der Waals surface area contributed by atoms with Crippen LogP contribution in [0.25, 0.3) is 0 Å². The molecule has 0 aromatic carbocycles. The molecular weight excluding hydrogens is 472 g/mol. The molecule has 0 bridgehead atoms. The summed E-state index contributed by atoms with van der Waals surface area (Å²) in [6, 6.07) is 0. The van der Waals surface area contributed by atoms with Crippen molar-refractivity contribution in [2.45, 2.75) is 92.1 Å². The van der Waals surface area contributed by atoms with E-state index in [1.807, 2.05) is 0 Å². The van der Waals surface area contributed by atoms with Crippen LogP contribution in [0.4, 0.5) is 0 Å². The van der Waals surface area contributed by atoms with Gasteiger partial charge >= 0.3 is 0 Å². The highest BCUT2D eigenvalue weighted by atomic mass is 16.8. The normalized spacial score (nSPS) is 52.5. The Hall–Kier alpha value is -0.640. The molecule has 16 nitrogen and oxygen atoms in total. The van der Waals surface area contributed by atoms with E-state index in [1.54, 1.807) is 0 Å². The van der Waals surface area contributed by atoms with Crippen LogP contribution < -0.4 is 0 Å². The van der Waals surface area contributed by atoms with Crippen LogP contribution in [0.5, 0.6) is 0 Å². The number of hydrogen-bond donors (Lipinski definition) is 11. The molecule has 15 atom stereocenters. The molecule has 3 fully saturated rings. The van der Waals surface area contributed by atoms with Crippen molar-refractivity contribution in [1.82, 2.24) is 0 Å². The predicted molar refractivity (Wildman–Crippen MR) is 101 cm³/mol. The van der Waals surface area contributed by atoms with Gasteiger partial charge in [0.15, 0.2) is 18.9 Å². The smallest absolute Gasteiger partial charge is 0.187 e. The maximum atomic E-state index is 10.6. The predicted octanol–water partition coefficient (Wildman–Crippen LogP) is -7.57. The van der Waals surface area contributed by atoms with E-state index >= 15 is 0 Å². The molecule has 0 spiro atoms. The number of ether oxygens (including phenoxy) is 5. The molecule has 16 heteroatoms. The number of hydrogen-bond acceptors (Lipinski definition) is 16. The average molecular weight is 504 g/mol. The van der Waals surface area contributed by atoms with E-state index in [1.165, 1.54) is 0 Å². The molecule has 3 aliphatic heterocycles. The van der Waals surface area contributed by atoms with Gasteiger partial charge in [0.2, 0.25) is 0 Å². The third-order valence-electron chi connectivity index (χ3n) is 6.09. The Labute approximate surface area is 192 Å². The van der Waals surface area contributed by atoms with Gasteiger partial charge in [0.1, 0.15) is 73.2 Å². The van der Waals surface area contributed by atoms with Crippen LogP contribution in [0, 0.1) is 0 Å². The first-order valence-electron chi connectivity index (χ1n) is 10.6. The molecule has 34 heavy (non-hydrogen) atoms. The van der Waals surface area contributed by atoms with E-state index < -0.39 is 112 Å². The van der Waals surface area contributed by atoms with Gasteiger partial charge in [0, 0.05) is 0 Å². The summed E-state index contributed by atoms with van der Waals surface area (Å²) in [6.07, 6.45) is -25.6. The van der Waals surface area contributed by atoms with Crippen LogP contribution in [0.3, 0.4) is 0 Å². The van der Waals surface area contributed by atoms with Crippen molar-refractivity contribution in [2.24, 2.45) is 0 Å². The van der Waals surface area contributed by atoms with Crippen LogP contribution in [0.1, 0.15) is 0 Å². The maximum absolute atomic E-state index is 10.6. The highest BCUT2D eigenvalue weighted by Gasteiger charge is 2.53. The summed E-state index contributed by atoms with van der Waals surface area (Å²) in [5, 5.41) is 109. The van der Waals surface area contributed by atoms with Gasteiger partial charge in [0.25, 0.3) is 0 Å². The molecule has 0 aromatic rings. The summed E-state index contributed by atoms with van der Waals surface area (Å²) in [6.45, 7) is -2.35. The third kappa shape index (κ3) is 5.37. The Kier molecular flexibility index (Phi) is 9.54. The van der Waals surface area contributed by atoms with E-state index in [9.17, 15) is 56.2 Å². The Morgan fingerprint density at radius 3 is 1.47 bits per heavy atom. The quantitative estimate of drug-likeness (QED) is 0.154. The van der Waals surface area contributed by atoms with E-state index in [2.05, 4.69) is 0 Å². The molecule has 0 amide bonds. The lowest BCUT2D eigenvalue weighted by Crippen LogP contribution is -2.66. The van der Waals surface area contributed by atoms with E-state index in [0.29, 0.717) is 0 Å². The monoisotopic (exact) mass is 504 g/mol. The first-order valence-corrected chi connectivity index (χ1v) is 10.6. The van der Waals surface area contributed by atoms with Crippen molar-refractivity contribution in [3.05, 3.63) is 0 Å². The number of aliphatic hydroxyl groups is 11. The van der Waals surface area contributed by atoms with Crippen molar-refractivity contribution in [1.29, 1.82) is 0 Å². The summed E-state index contributed by atoms with van der Waals surface area (Å²) in [5.41, 5.74) is 0. The van der Waals surface area contributed by atoms with Crippen LogP contribution in [0.2, 0.25) is 0 Å². The zero-order valence-electron chi connectivity index (χ0n) is 17.7. The van der Waals surface area contributed by atoms with Crippen molar-refractivity contribution in [2.75, 3.05) is 19.8 Å². The molecule has 3 aliphatic rings. The molecule has 200 valence electrons.